The van der Waals surface area contributed by atoms with Crippen LogP contribution in [0.2, 0.25) is 0 Å². The topological polar surface area (TPSA) is 128 Å². The molecule has 9 nitrogen and oxygen atoms in total. The molecule has 158 valence electrons. The standard InChI is InChI=1S/C20H20FN3O6/c1-12(2)18(23-19(26)13-6-4-3-5-7-13)20(27)30-11-17(25)22-14-8-9-15(21)16(10-14)24(28)29/h3-10,12,18H,11H2,1-2H3,(H,22,25)(H,23,26)/t18-/m1/s1. The van der Waals surface area contributed by atoms with Gasteiger partial charge in [-0.15, -0.1) is 0 Å². The van der Waals surface area contributed by atoms with Crippen molar-refractivity contribution in [1.29, 1.82) is 0 Å². The first-order valence-electron chi connectivity index (χ1n) is 8.95. The highest BCUT2D eigenvalue weighted by Crippen LogP contribution is 2.21. The second kappa shape index (κ2) is 10.1. The molecule has 0 aliphatic rings. The number of amides is 2. The van der Waals surface area contributed by atoms with Gasteiger partial charge in [0.15, 0.2) is 6.61 Å². The highest BCUT2D eigenvalue weighted by molar-refractivity contribution is 5.97. The van der Waals surface area contributed by atoms with Gasteiger partial charge in [-0.2, -0.15) is 4.39 Å². The van der Waals surface area contributed by atoms with E-state index in [9.17, 15) is 28.9 Å². The maximum atomic E-state index is 13.3. The van der Waals surface area contributed by atoms with Crippen molar-refractivity contribution in [3.63, 3.8) is 0 Å². The van der Waals surface area contributed by atoms with Crippen molar-refractivity contribution in [2.24, 2.45) is 5.92 Å². The third-order valence-electron chi connectivity index (χ3n) is 4.02. The Morgan fingerprint density at radius 3 is 2.40 bits per heavy atom. The maximum Gasteiger partial charge on any atom is 0.329 e. The predicted molar refractivity (Wildman–Crippen MR) is 105 cm³/mol. The first-order chi connectivity index (χ1) is 14.2. The Labute approximate surface area is 171 Å². The van der Waals surface area contributed by atoms with Crippen LogP contribution in [0.5, 0.6) is 0 Å². The van der Waals surface area contributed by atoms with Crippen LogP contribution in [0, 0.1) is 21.8 Å². The Balaban J connectivity index is 1.95. The molecular weight excluding hydrogens is 397 g/mol. The Morgan fingerprint density at radius 1 is 1.13 bits per heavy atom. The monoisotopic (exact) mass is 417 g/mol. The summed E-state index contributed by atoms with van der Waals surface area (Å²) in [5, 5.41) is 15.6. The average Bonchev–Trinajstić information content (AvgIpc) is 2.71. The van der Waals surface area contributed by atoms with Crippen LogP contribution < -0.4 is 10.6 Å². The van der Waals surface area contributed by atoms with Gasteiger partial charge in [-0.25, -0.2) is 4.79 Å². The lowest BCUT2D eigenvalue weighted by Crippen LogP contribution is -2.45. The zero-order valence-corrected chi connectivity index (χ0v) is 16.3. The number of halogens is 1. The Morgan fingerprint density at radius 2 is 1.80 bits per heavy atom. The van der Waals surface area contributed by atoms with Crippen molar-refractivity contribution in [3.05, 3.63) is 70.0 Å². The van der Waals surface area contributed by atoms with Gasteiger partial charge in [0.05, 0.1) is 4.92 Å². The first kappa shape index (κ1) is 22.5. The van der Waals surface area contributed by atoms with Crippen LogP contribution in [0.25, 0.3) is 0 Å². The number of hydrogen-bond donors (Lipinski definition) is 2. The molecule has 0 unspecified atom stereocenters. The molecule has 0 aliphatic heterocycles. The average molecular weight is 417 g/mol. The number of nitrogens with one attached hydrogen (secondary N) is 2. The number of hydrogen-bond acceptors (Lipinski definition) is 6. The largest absolute Gasteiger partial charge is 0.454 e. The Bertz CT molecular complexity index is 949. The Hall–Kier alpha value is -3.82. The molecule has 2 amide bonds. The highest BCUT2D eigenvalue weighted by atomic mass is 19.1. The van der Waals surface area contributed by atoms with Gasteiger partial charge >= 0.3 is 11.7 Å². The van der Waals surface area contributed by atoms with Gasteiger partial charge in [0, 0.05) is 17.3 Å². The fourth-order valence-corrected chi connectivity index (χ4v) is 2.47. The van der Waals surface area contributed by atoms with Crippen LogP contribution in [0.1, 0.15) is 24.2 Å². The number of nitrogens with zero attached hydrogens (tertiary/aromatic N) is 1. The van der Waals surface area contributed by atoms with E-state index in [4.69, 9.17) is 4.74 Å². The summed E-state index contributed by atoms with van der Waals surface area (Å²) < 4.78 is 18.3. The molecule has 1 atom stereocenters. The first-order valence-corrected chi connectivity index (χ1v) is 8.95. The van der Waals surface area contributed by atoms with Crippen LogP contribution >= 0.6 is 0 Å². The highest BCUT2D eigenvalue weighted by Gasteiger charge is 2.27. The van der Waals surface area contributed by atoms with E-state index in [0.717, 1.165) is 18.2 Å². The number of carbonyl (C=O) groups is 3. The van der Waals surface area contributed by atoms with Crippen LogP contribution in [-0.2, 0) is 14.3 Å². The van der Waals surface area contributed by atoms with Crippen molar-refractivity contribution < 1.29 is 28.4 Å². The summed E-state index contributed by atoms with van der Waals surface area (Å²) >= 11 is 0. The fourth-order valence-electron chi connectivity index (χ4n) is 2.47. The van der Waals surface area contributed by atoms with Gasteiger partial charge in [0.2, 0.25) is 5.82 Å². The second-order valence-corrected chi connectivity index (χ2v) is 6.64. The third kappa shape index (κ3) is 6.09. The van der Waals surface area contributed by atoms with E-state index < -0.39 is 46.9 Å². The minimum absolute atomic E-state index is 0.0260. The lowest BCUT2D eigenvalue weighted by atomic mass is 10.0. The molecule has 2 aromatic carbocycles. The van der Waals surface area contributed by atoms with Gasteiger partial charge < -0.3 is 15.4 Å². The quantitative estimate of drug-likeness (QED) is 0.386. The number of benzene rings is 2. The molecule has 0 radical (unpaired) electrons. The smallest absolute Gasteiger partial charge is 0.329 e. The van der Waals surface area contributed by atoms with Crippen LogP contribution in [0.15, 0.2) is 48.5 Å². The van der Waals surface area contributed by atoms with E-state index in [1.165, 1.54) is 0 Å². The minimum Gasteiger partial charge on any atom is -0.454 e. The number of nitro groups is 1. The molecule has 0 saturated heterocycles. The van der Waals surface area contributed by atoms with Gasteiger partial charge in [-0.3, -0.25) is 19.7 Å². The van der Waals surface area contributed by atoms with E-state index >= 15 is 0 Å². The van der Waals surface area contributed by atoms with E-state index in [-0.39, 0.29) is 11.6 Å². The van der Waals surface area contributed by atoms with Gasteiger partial charge in [0.25, 0.3) is 11.8 Å². The Kier molecular flexibility index (Phi) is 7.56. The predicted octanol–water partition coefficient (Wildman–Crippen LogP) is 2.67. The second-order valence-electron chi connectivity index (χ2n) is 6.64. The zero-order chi connectivity index (χ0) is 22.3. The molecule has 0 aliphatic carbocycles. The normalized spacial score (nSPS) is 11.5. The number of nitro benzene ring substituents is 1. The van der Waals surface area contributed by atoms with Crippen molar-refractivity contribution in [2.75, 3.05) is 11.9 Å². The number of carbonyl (C=O) groups excluding carboxylic acids is 3. The van der Waals surface area contributed by atoms with E-state index in [2.05, 4.69) is 10.6 Å². The third-order valence-corrected chi connectivity index (χ3v) is 4.02. The van der Waals surface area contributed by atoms with Gasteiger partial charge in [0.1, 0.15) is 6.04 Å². The van der Waals surface area contributed by atoms with E-state index in [1.807, 2.05) is 0 Å². The maximum absolute atomic E-state index is 13.3. The minimum atomic E-state index is -1.04. The fraction of sp³-hybridized carbons (Fsp3) is 0.250. The number of ether oxygens (including phenoxy) is 1. The molecule has 0 spiro atoms. The molecule has 2 aromatic rings. The molecule has 0 saturated carbocycles. The molecule has 10 heteroatoms. The van der Waals surface area contributed by atoms with E-state index in [0.29, 0.717) is 5.56 Å². The van der Waals surface area contributed by atoms with Crippen LogP contribution in [0.4, 0.5) is 15.8 Å². The summed E-state index contributed by atoms with van der Waals surface area (Å²) in [7, 11) is 0. The van der Waals surface area contributed by atoms with Crippen LogP contribution in [0.3, 0.4) is 0 Å². The van der Waals surface area contributed by atoms with E-state index in [1.54, 1.807) is 44.2 Å². The number of esters is 1. The molecule has 30 heavy (non-hydrogen) atoms. The van der Waals surface area contributed by atoms with Crippen molar-refractivity contribution in [1.82, 2.24) is 5.32 Å². The molecular formula is C20H20FN3O6. The molecule has 0 aromatic heterocycles. The number of rotatable bonds is 8. The summed E-state index contributed by atoms with van der Waals surface area (Å²) in [4.78, 5) is 46.4. The summed E-state index contributed by atoms with van der Waals surface area (Å²) in [6.07, 6.45) is 0. The van der Waals surface area contributed by atoms with Crippen molar-refractivity contribution in [2.45, 2.75) is 19.9 Å². The summed E-state index contributed by atoms with van der Waals surface area (Å²) in [5.41, 5.74) is -0.457. The summed E-state index contributed by atoms with van der Waals surface area (Å²) in [6, 6.07) is 10.1. The molecule has 2 rings (SSSR count). The molecule has 0 heterocycles. The lowest BCUT2D eigenvalue weighted by molar-refractivity contribution is -0.387. The summed E-state index contributed by atoms with van der Waals surface area (Å²) in [6.45, 7) is 2.72. The summed E-state index contributed by atoms with van der Waals surface area (Å²) in [5.74, 6) is -3.41. The zero-order valence-electron chi connectivity index (χ0n) is 16.3. The van der Waals surface area contributed by atoms with Crippen molar-refractivity contribution >= 4 is 29.2 Å². The molecule has 0 bridgehead atoms. The van der Waals surface area contributed by atoms with Crippen molar-refractivity contribution in [3.8, 4) is 0 Å². The SMILES string of the molecule is CC(C)[C@@H](NC(=O)c1ccccc1)C(=O)OCC(=O)Nc1ccc(F)c([N+](=O)[O-])c1. The molecule has 0 fully saturated rings. The lowest BCUT2D eigenvalue weighted by Gasteiger charge is -2.20. The number of anilines is 1. The van der Waals surface area contributed by atoms with Gasteiger partial charge in [-0.1, -0.05) is 32.0 Å². The van der Waals surface area contributed by atoms with Gasteiger partial charge in [-0.05, 0) is 30.2 Å². The molecule has 2 N–H and O–H groups in total. The van der Waals surface area contributed by atoms with Crippen LogP contribution in [-0.4, -0.2) is 35.4 Å².